The molecular weight excluding hydrogens is 781 g/mol. The van der Waals surface area contributed by atoms with Gasteiger partial charge in [-0.05, 0) is 64.2 Å². The van der Waals surface area contributed by atoms with Crippen LogP contribution in [0.5, 0.6) is 0 Å². The summed E-state index contributed by atoms with van der Waals surface area (Å²) < 4.78 is 16.8. The maximum Gasteiger partial charge on any atom is 0.306 e. The number of allylic oxidation sites excluding steroid dienone is 8. The van der Waals surface area contributed by atoms with Crippen molar-refractivity contribution in [2.45, 2.75) is 284 Å². The highest BCUT2D eigenvalue weighted by Gasteiger charge is 2.19. The van der Waals surface area contributed by atoms with Crippen molar-refractivity contribution in [3.63, 3.8) is 0 Å². The Kier molecular flexibility index (Phi) is 49.8. The monoisotopic (exact) mass is 883 g/mol. The molecule has 0 aromatic carbocycles. The first-order chi connectivity index (χ1) is 31.0. The van der Waals surface area contributed by atoms with Crippen molar-refractivity contribution in [1.82, 2.24) is 0 Å². The highest BCUT2D eigenvalue weighted by molar-refractivity contribution is 5.71. The average molecular weight is 883 g/mol. The smallest absolute Gasteiger partial charge is 0.306 e. The lowest BCUT2D eigenvalue weighted by Crippen LogP contribution is -2.30. The zero-order chi connectivity index (χ0) is 45.8. The van der Waals surface area contributed by atoms with Gasteiger partial charge in [-0.2, -0.15) is 0 Å². The summed E-state index contributed by atoms with van der Waals surface area (Å²) in [6, 6.07) is 0. The number of hydrogen-bond acceptors (Lipinski definition) is 6. The summed E-state index contributed by atoms with van der Waals surface area (Å²) in [7, 11) is 0. The molecule has 1 atom stereocenters. The standard InChI is InChI=1S/C57H102O6/c1-4-7-10-13-16-19-22-24-26-28-29-30-32-33-35-38-41-44-47-50-56(59)62-53-54(52-61-55(58)49-46-43-40-37-21-18-15-12-9-6-3)63-57(60)51-48-45-42-39-36-34-31-27-25-23-20-17-14-11-8-5-2/h16,19,24,26,29-30,33,35,54H,4-15,17-18,20-23,25,27-28,31-32,34,36-53H2,1-3H3/b19-16-,26-24-,30-29-,35-33-/t54-/m1/s1. The largest absolute Gasteiger partial charge is 0.462 e. The summed E-state index contributed by atoms with van der Waals surface area (Å²) >= 11 is 0. The minimum atomic E-state index is -0.781. The van der Waals surface area contributed by atoms with Gasteiger partial charge in [0.05, 0.1) is 0 Å². The van der Waals surface area contributed by atoms with Crippen molar-refractivity contribution in [3.05, 3.63) is 48.6 Å². The third-order valence-corrected chi connectivity index (χ3v) is 11.8. The van der Waals surface area contributed by atoms with Gasteiger partial charge in [0.25, 0.3) is 0 Å². The molecule has 0 fully saturated rings. The van der Waals surface area contributed by atoms with Crippen molar-refractivity contribution >= 4 is 17.9 Å². The molecule has 0 saturated heterocycles. The zero-order valence-electron chi connectivity index (χ0n) is 41.8. The summed E-state index contributed by atoms with van der Waals surface area (Å²) in [6.07, 6.45) is 62.4. The Balaban J connectivity index is 4.37. The maximum absolute atomic E-state index is 12.8. The topological polar surface area (TPSA) is 78.9 Å². The number of hydrogen-bond donors (Lipinski definition) is 0. The van der Waals surface area contributed by atoms with Gasteiger partial charge in [-0.1, -0.05) is 243 Å². The van der Waals surface area contributed by atoms with E-state index in [1.807, 2.05) is 0 Å². The molecule has 0 aromatic heterocycles. The quantitative estimate of drug-likeness (QED) is 0.0262. The van der Waals surface area contributed by atoms with E-state index in [0.29, 0.717) is 19.3 Å². The zero-order valence-corrected chi connectivity index (χ0v) is 41.8. The number of rotatable bonds is 49. The Morgan fingerprint density at radius 1 is 0.317 bits per heavy atom. The van der Waals surface area contributed by atoms with E-state index in [1.54, 1.807) is 0 Å². The molecule has 63 heavy (non-hydrogen) atoms. The third kappa shape index (κ3) is 50.2. The molecule has 0 N–H and O–H groups in total. The molecule has 0 aliphatic carbocycles. The van der Waals surface area contributed by atoms with Gasteiger partial charge in [-0.3, -0.25) is 14.4 Å². The SMILES string of the molecule is CCCCC/C=C\C/C=C\C/C=C\C/C=C\CCCCCC(=O)OC[C@@H](COC(=O)CCCCCCCCCCCC)OC(=O)CCCCCCCCCCCCCCCCCC. The van der Waals surface area contributed by atoms with Gasteiger partial charge < -0.3 is 14.2 Å². The molecule has 0 heterocycles. The predicted octanol–water partition coefficient (Wildman–Crippen LogP) is 17.9. The van der Waals surface area contributed by atoms with Gasteiger partial charge in [0.1, 0.15) is 13.2 Å². The van der Waals surface area contributed by atoms with Crippen LogP contribution in [0, 0.1) is 0 Å². The molecule has 6 nitrogen and oxygen atoms in total. The van der Waals surface area contributed by atoms with Crippen molar-refractivity contribution in [2.75, 3.05) is 13.2 Å². The number of unbranched alkanes of at least 4 members (excludes halogenated alkanes) is 30. The molecule has 0 aliphatic heterocycles. The molecular formula is C57H102O6. The van der Waals surface area contributed by atoms with Crippen LogP contribution in [0.15, 0.2) is 48.6 Å². The molecule has 6 heteroatoms. The lowest BCUT2D eigenvalue weighted by Gasteiger charge is -2.18. The minimum Gasteiger partial charge on any atom is -0.462 e. The predicted molar refractivity (Wildman–Crippen MR) is 270 cm³/mol. The molecule has 0 amide bonds. The van der Waals surface area contributed by atoms with Crippen LogP contribution in [-0.4, -0.2) is 37.2 Å². The van der Waals surface area contributed by atoms with Crippen LogP contribution in [0.25, 0.3) is 0 Å². The molecule has 0 spiro atoms. The van der Waals surface area contributed by atoms with Gasteiger partial charge >= 0.3 is 17.9 Å². The normalized spacial score (nSPS) is 12.4. The Hall–Kier alpha value is -2.63. The van der Waals surface area contributed by atoms with Crippen molar-refractivity contribution < 1.29 is 28.6 Å². The van der Waals surface area contributed by atoms with E-state index in [4.69, 9.17) is 14.2 Å². The fraction of sp³-hybridized carbons (Fsp3) is 0.807. The molecule has 366 valence electrons. The van der Waals surface area contributed by atoms with E-state index in [2.05, 4.69) is 69.4 Å². The molecule has 0 aliphatic rings. The molecule has 0 saturated carbocycles. The van der Waals surface area contributed by atoms with Crippen LogP contribution in [0.2, 0.25) is 0 Å². The van der Waals surface area contributed by atoms with Crippen LogP contribution in [0.1, 0.15) is 278 Å². The van der Waals surface area contributed by atoms with E-state index in [9.17, 15) is 14.4 Å². The molecule has 0 rings (SSSR count). The second-order valence-corrected chi connectivity index (χ2v) is 18.2. The van der Waals surface area contributed by atoms with Crippen molar-refractivity contribution in [1.29, 1.82) is 0 Å². The fourth-order valence-electron chi connectivity index (χ4n) is 7.72. The lowest BCUT2D eigenvalue weighted by atomic mass is 10.0. The fourth-order valence-corrected chi connectivity index (χ4v) is 7.72. The number of esters is 3. The Bertz CT molecular complexity index is 1110. The van der Waals surface area contributed by atoms with Crippen LogP contribution < -0.4 is 0 Å². The number of carbonyl (C=O) groups is 3. The first kappa shape index (κ1) is 60.4. The summed E-state index contributed by atoms with van der Waals surface area (Å²) in [5, 5.41) is 0. The summed E-state index contributed by atoms with van der Waals surface area (Å²) in [6.45, 7) is 6.60. The summed E-state index contributed by atoms with van der Waals surface area (Å²) in [5.74, 6) is -0.902. The molecule has 0 radical (unpaired) electrons. The van der Waals surface area contributed by atoms with E-state index in [1.165, 1.54) is 154 Å². The number of carbonyl (C=O) groups excluding carboxylic acids is 3. The first-order valence-corrected chi connectivity index (χ1v) is 27.1. The Morgan fingerprint density at radius 2 is 0.571 bits per heavy atom. The average Bonchev–Trinajstić information content (AvgIpc) is 3.28. The van der Waals surface area contributed by atoms with E-state index in [-0.39, 0.29) is 31.1 Å². The Morgan fingerprint density at radius 3 is 0.921 bits per heavy atom. The van der Waals surface area contributed by atoms with Crippen LogP contribution in [-0.2, 0) is 28.6 Å². The van der Waals surface area contributed by atoms with Gasteiger partial charge in [0.2, 0.25) is 0 Å². The van der Waals surface area contributed by atoms with Crippen molar-refractivity contribution in [3.8, 4) is 0 Å². The first-order valence-electron chi connectivity index (χ1n) is 27.1. The number of ether oxygens (including phenoxy) is 3. The highest BCUT2D eigenvalue weighted by atomic mass is 16.6. The lowest BCUT2D eigenvalue weighted by molar-refractivity contribution is -0.167. The third-order valence-electron chi connectivity index (χ3n) is 11.8. The van der Waals surface area contributed by atoms with Crippen LogP contribution >= 0.6 is 0 Å². The second-order valence-electron chi connectivity index (χ2n) is 18.2. The van der Waals surface area contributed by atoms with E-state index in [0.717, 1.165) is 83.5 Å². The summed E-state index contributed by atoms with van der Waals surface area (Å²) in [5.41, 5.74) is 0. The van der Waals surface area contributed by atoms with Gasteiger partial charge in [-0.15, -0.1) is 0 Å². The van der Waals surface area contributed by atoms with Gasteiger partial charge in [0, 0.05) is 19.3 Å². The van der Waals surface area contributed by atoms with E-state index < -0.39 is 6.10 Å². The van der Waals surface area contributed by atoms with Crippen molar-refractivity contribution in [2.24, 2.45) is 0 Å². The van der Waals surface area contributed by atoms with Gasteiger partial charge in [-0.25, -0.2) is 0 Å². The molecule has 0 aromatic rings. The maximum atomic E-state index is 12.8. The molecule has 0 unspecified atom stereocenters. The molecule has 0 bridgehead atoms. The van der Waals surface area contributed by atoms with Gasteiger partial charge in [0.15, 0.2) is 6.10 Å². The summed E-state index contributed by atoms with van der Waals surface area (Å²) in [4.78, 5) is 38.0. The van der Waals surface area contributed by atoms with Crippen LogP contribution in [0.4, 0.5) is 0 Å². The van der Waals surface area contributed by atoms with E-state index >= 15 is 0 Å². The highest BCUT2D eigenvalue weighted by Crippen LogP contribution is 2.16. The second kappa shape index (κ2) is 52.0. The minimum absolute atomic E-state index is 0.0797. The van der Waals surface area contributed by atoms with Crippen LogP contribution in [0.3, 0.4) is 0 Å². The Labute approximate surface area is 390 Å².